The first-order valence-corrected chi connectivity index (χ1v) is 7.28. The molecule has 3 rings (SSSR count). The molecule has 2 aromatic rings. The van der Waals surface area contributed by atoms with Gasteiger partial charge in [-0.15, -0.1) is 0 Å². The van der Waals surface area contributed by atoms with Gasteiger partial charge in [0.1, 0.15) is 5.82 Å². The molecule has 0 radical (unpaired) electrons. The van der Waals surface area contributed by atoms with Crippen LogP contribution >= 0.6 is 0 Å². The van der Waals surface area contributed by atoms with E-state index in [0.717, 1.165) is 43.9 Å². The molecule has 1 fully saturated rings. The topological polar surface area (TPSA) is 25.4 Å². The average molecular weight is 286 g/mol. The van der Waals surface area contributed by atoms with Gasteiger partial charge in [0.15, 0.2) is 0 Å². The van der Waals surface area contributed by atoms with Gasteiger partial charge < -0.3 is 4.74 Å². The van der Waals surface area contributed by atoms with Crippen molar-refractivity contribution in [2.24, 2.45) is 0 Å². The quantitative estimate of drug-likeness (QED) is 0.864. The van der Waals surface area contributed by atoms with Gasteiger partial charge in [0.05, 0.1) is 18.4 Å². The van der Waals surface area contributed by atoms with Crippen molar-refractivity contribution < 1.29 is 9.13 Å². The molecule has 0 bridgehead atoms. The van der Waals surface area contributed by atoms with Crippen molar-refractivity contribution in [2.45, 2.75) is 19.1 Å². The number of rotatable bonds is 4. The standard InChI is InChI=1S/C17H19FN2O/c18-15-6-4-14(5-7-15)11-17-13-20(9-10-21-17)12-16-3-1-2-8-19-16/h1-8,17H,9-13H2/t17-/m1/s1. The molecular weight excluding hydrogens is 267 g/mol. The highest BCUT2D eigenvalue weighted by atomic mass is 19.1. The van der Waals surface area contributed by atoms with Crippen LogP contribution < -0.4 is 0 Å². The van der Waals surface area contributed by atoms with Gasteiger partial charge in [-0.1, -0.05) is 18.2 Å². The normalized spacial score (nSPS) is 19.6. The largest absolute Gasteiger partial charge is 0.375 e. The number of benzene rings is 1. The lowest BCUT2D eigenvalue weighted by Crippen LogP contribution is -2.42. The third kappa shape index (κ3) is 4.09. The number of aromatic nitrogens is 1. The van der Waals surface area contributed by atoms with Gasteiger partial charge in [-0.05, 0) is 36.2 Å². The van der Waals surface area contributed by atoms with E-state index in [9.17, 15) is 4.39 Å². The minimum absolute atomic E-state index is 0.160. The average Bonchev–Trinajstić information content (AvgIpc) is 2.51. The van der Waals surface area contributed by atoms with Crippen molar-refractivity contribution in [1.29, 1.82) is 0 Å². The Morgan fingerprint density at radius 1 is 1.19 bits per heavy atom. The van der Waals surface area contributed by atoms with Crippen LogP contribution in [0.25, 0.3) is 0 Å². The molecule has 4 heteroatoms. The fourth-order valence-electron chi connectivity index (χ4n) is 2.65. The fraction of sp³-hybridized carbons (Fsp3) is 0.353. The Morgan fingerprint density at radius 3 is 2.81 bits per heavy atom. The fourth-order valence-corrected chi connectivity index (χ4v) is 2.65. The first kappa shape index (κ1) is 14.2. The summed E-state index contributed by atoms with van der Waals surface area (Å²) in [4.78, 5) is 6.73. The van der Waals surface area contributed by atoms with E-state index >= 15 is 0 Å². The highest BCUT2D eigenvalue weighted by molar-refractivity contribution is 5.17. The number of morpholine rings is 1. The van der Waals surface area contributed by atoms with Crippen LogP contribution in [0.4, 0.5) is 4.39 Å². The van der Waals surface area contributed by atoms with Gasteiger partial charge in [-0.3, -0.25) is 9.88 Å². The monoisotopic (exact) mass is 286 g/mol. The van der Waals surface area contributed by atoms with Crippen LogP contribution in [-0.2, 0) is 17.7 Å². The molecule has 1 aliphatic heterocycles. The van der Waals surface area contributed by atoms with Gasteiger partial charge in [-0.25, -0.2) is 4.39 Å². The smallest absolute Gasteiger partial charge is 0.123 e. The van der Waals surface area contributed by atoms with E-state index in [4.69, 9.17) is 4.74 Å². The second-order valence-electron chi connectivity index (χ2n) is 5.38. The molecule has 1 aromatic carbocycles. The molecule has 0 N–H and O–H groups in total. The Bertz CT molecular complexity index is 559. The van der Waals surface area contributed by atoms with Gasteiger partial charge in [0, 0.05) is 25.8 Å². The van der Waals surface area contributed by atoms with E-state index in [-0.39, 0.29) is 11.9 Å². The molecule has 21 heavy (non-hydrogen) atoms. The summed E-state index contributed by atoms with van der Waals surface area (Å²) in [5.41, 5.74) is 2.20. The van der Waals surface area contributed by atoms with Crippen LogP contribution in [0, 0.1) is 5.82 Å². The minimum Gasteiger partial charge on any atom is -0.375 e. The Kier molecular flexibility index (Phi) is 4.58. The van der Waals surface area contributed by atoms with E-state index < -0.39 is 0 Å². The minimum atomic E-state index is -0.194. The molecule has 2 heterocycles. The molecule has 1 aromatic heterocycles. The maximum atomic E-state index is 12.9. The summed E-state index contributed by atoms with van der Waals surface area (Å²) in [6.07, 6.45) is 2.80. The molecule has 1 saturated heterocycles. The van der Waals surface area contributed by atoms with E-state index in [2.05, 4.69) is 9.88 Å². The second kappa shape index (κ2) is 6.78. The molecule has 0 amide bonds. The van der Waals surface area contributed by atoms with Crippen LogP contribution in [0.3, 0.4) is 0 Å². The number of hydrogen-bond donors (Lipinski definition) is 0. The predicted octanol–water partition coefficient (Wildman–Crippen LogP) is 2.66. The van der Waals surface area contributed by atoms with Gasteiger partial charge >= 0.3 is 0 Å². The predicted molar refractivity (Wildman–Crippen MR) is 79.4 cm³/mol. The highest BCUT2D eigenvalue weighted by Crippen LogP contribution is 2.14. The number of nitrogens with zero attached hydrogens (tertiary/aromatic N) is 2. The van der Waals surface area contributed by atoms with Crippen molar-refractivity contribution >= 4 is 0 Å². The molecule has 0 saturated carbocycles. The number of halogens is 1. The molecule has 0 spiro atoms. The SMILES string of the molecule is Fc1ccc(C[C@@H]2CN(Cc3ccccn3)CCO2)cc1. The summed E-state index contributed by atoms with van der Waals surface area (Å²) in [7, 11) is 0. The van der Waals surface area contributed by atoms with Gasteiger partial charge in [0.2, 0.25) is 0 Å². The molecule has 0 aliphatic carbocycles. The van der Waals surface area contributed by atoms with Gasteiger partial charge in [0.25, 0.3) is 0 Å². The van der Waals surface area contributed by atoms with E-state index in [0.29, 0.717) is 0 Å². The Morgan fingerprint density at radius 2 is 2.05 bits per heavy atom. The molecule has 110 valence electrons. The lowest BCUT2D eigenvalue weighted by molar-refractivity contribution is -0.0308. The number of pyridine rings is 1. The van der Waals surface area contributed by atoms with Crippen LogP contribution in [0.5, 0.6) is 0 Å². The number of hydrogen-bond acceptors (Lipinski definition) is 3. The third-order valence-electron chi connectivity index (χ3n) is 3.71. The van der Waals surface area contributed by atoms with E-state index in [1.54, 1.807) is 0 Å². The number of ether oxygens (including phenoxy) is 1. The van der Waals surface area contributed by atoms with Crippen molar-refractivity contribution in [3.05, 3.63) is 65.7 Å². The maximum absolute atomic E-state index is 12.9. The summed E-state index contributed by atoms with van der Waals surface area (Å²) >= 11 is 0. The Balaban J connectivity index is 1.57. The summed E-state index contributed by atoms with van der Waals surface area (Å²) in [5.74, 6) is -0.194. The Labute approximate surface area is 124 Å². The van der Waals surface area contributed by atoms with Crippen LogP contribution in [0.15, 0.2) is 48.7 Å². The lowest BCUT2D eigenvalue weighted by Gasteiger charge is -2.32. The van der Waals surface area contributed by atoms with Crippen LogP contribution in [0.1, 0.15) is 11.3 Å². The van der Waals surface area contributed by atoms with Crippen molar-refractivity contribution in [2.75, 3.05) is 19.7 Å². The van der Waals surface area contributed by atoms with Crippen molar-refractivity contribution in [3.63, 3.8) is 0 Å². The van der Waals surface area contributed by atoms with Crippen molar-refractivity contribution in [3.8, 4) is 0 Å². The first-order chi connectivity index (χ1) is 10.3. The lowest BCUT2D eigenvalue weighted by atomic mass is 10.1. The summed E-state index contributed by atoms with van der Waals surface area (Å²) in [6.45, 7) is 3.40. The molecule has 1 aliphatic rings. The van der Waals surface area contributed by atoms with Crippen LogP contribution in [-0.4, -0.2) is 35.7 Å². The summed E-state index contributed by atoms with van der Waals surface area (Å²) in [5, 5.41) is 0. The molecular formula is C17H19FN2O. The summed E-state index contributed by atoms with van der Waals surface area (Å²) in [6, 6.07) is 12.7. The summed E-state index contributed by atoms with van der Waals surface area (Å²) < 4.78 is 18.7. The van der Waals surface area contributed by atoms with Crippen molar-refractivity contribution in [1.82, 2.24) is 9.88 Å². The van der Waals surface area contributed by atoms with Crippen LogP contribution in [0.2, 0.25) is 0 Å². The Hall–Kier alpha value is -1.78. The van der Waals surface area contributed by atoms with E-state index in [1.165, 1.54) is 12.1 Å². The van der Waals surface area contributed by atoms with Gasteiger partial charge in [-0.2, -0.15) is 0 Å². The molecule has 3 nitrogen and oxygen atoms in total. The zero-order valence-electron chi connectivity index (χ0n) is 11.9. The maximum Gasteiger partial charge on any atom is 0.123 e. The molecule has 1 atom stereocenters. The zero-order chi connectivity index (χ0) is 14.5. The molecule has 0 unspecified atom stereocenters. The third-order valence-corrected chi connectivity index (χ3v) is 3.71. The zero-order valence-corrected chi connectivity index (χ0v) is 11.9. The first-order valence-electron chi connectivity index (χ1n) is 7.28. The second-order valence-corrected chi connectivity index (χ2v) is 5.38. The van der Waals surface area contributed by atoms with E-state index in [1.807, 2.05) is 36.5 Å². The highest BCUT2D eigenvalue weighted by Gasteiger charge is 2.21.